The zero-order chi connectivity index (χ0) is 21.5. The molecule has 30 heavy (non-hydrogen) atoms. The van der Waals surface area contributed by atoms with Gasteiger partial charge < -0.3 is 18.9 Å². The molecule has 1 atom stereocenters. The maximum atomic E-state index is 6.14. The number of hydrogen-bond donors (Lipinski definition) is 0. The van der Waals surface area contributed by atoms with E-state index in [4.69, 9.17) is 23.9 Å². The van der Waals surface area contributed by atoms with Crippen LogP contribution in [0.5, 0.6) is 23.0 Å². The Kier molecular flexibility index (Phi) is 6.96. The third kappa shape index (κ3) is 5.32. The molecule has 0 saturated heterocycles. The lowest BCUT2D eigenvalue weighted by molar-refractivity contribution is 0.249. The van der Waals surface area contributed by atoms with Gasteiger partial charge in [0.1, 0.15) is 11.5 Å². The Hall–Kier alpha value is -3.47. The van der Waals surface area contributed by atoms with Crippen LogP contribution in [0.3, 0.4) is 0 Å². The monoisotopic (exact) mass is 405 g/mol. The van der Waals surface area contributed by atoms with Gasteiger partial charge in [0.15, 0.2) is 17.6 Å². The fraction of sp³-hybridized carbons (Fsp3) is 0.240. The van der Waals surface area contributed by atoms with E-state index in [9.17, 15) is 0 Å². The van der Waals surface area contributed by atoms with Crippen LogP contribution in [0, 0.1) is 13.8 Å². The molecular weight excluding hydrogens is 378 g/mol. The fourth-order valence-corrected chi connectivity index (χ4v) is 2.86. The van der Waals surface area contributed by atoms with Crippen LogP contribution >= 0.6 is 0 Å². The third-order valence-corrected chi connectivity index (χ3v) is 4.71. The molecule has 0 N–H and O–H groups in total. The van der Waals surface area contributed by atoms with Gasteiger partial charge in [-0.05, 0) is 68.3 Å². The molecule has 0 aromatic heterocycles. The number of para-hydroxylation sites is 2. The van der Waals surface area contributed by atoms with Crippen LogP contribution in [0.2, 0.25) is 0 Å². The molecular formula is C25H27NO4. The summed E-state index contributed by atoms with van der Waals surface area (Å²) in [5.74, 6) is 3.02. The molecule has 3 aromatic rings. The van der Waals surface area contributed by atoms with Gasteiger partial charge in [-0.25, -0.2) is 4.99 Å². The summed E-state index contributed by atoms with van der Waals surface area (Å²) in [4.78, 5) is 4.75. The molecule has 0 saturated carbocycles. The Balaban J connectivity index is 1.94. The average molecular weight is 405 g/mol. The minimum absolute atomic E-state index is 0.428. The lowest BCUT2D eigenvalue weighted by Crippen LogP contribution is -2.29. The number of methoxy groups -OCH3 is 2. The summed E-state index contributed by atoms with van der Waals surface area (Å²) < 4.78 is 23.0. The molecule has 0 heterocycles. The quantitative estimate of drug-likeness (QED) is 0.363. The third-order valence-electron chi connectivity index (χ3n) is 4.71. The van der Waals surface area contributed by atoms with Gasteiger partial charge in [0.05, 0.1) is 19.9 Å². The van der Waals surface area contributed by atoms with Crippen molar-refractivity contribution < 1.29 is 18.9 Å². The Bertz CT molecular complexity index is 1030. The van der Waals surface area contributed by atoms with Crippen molar-refractivity contribution in [3.05, 3.63) is 77.9 Å². The Morgan fingerprint density at radius 1 is 0.767 bits per heavy atom. The summed E-state index contributed by atoms with van der Waals surface area (Å²) in [5.41, 5.74) is 3.17. The molecule has 1 unspecified atom stereocenters. The average Bonchev–Trinajstić information content (AvgIpc) is 2.76. The van der Waals surface area contributed by atoms with E-state index in [0.29, 0.717) is 28.9 Å². The first-order valence-electron chi connectivity index (χ1n) is 9.77. The van der Waals surface area contributed by atoms with E-state index in [-0.39, 0.29) is 0 Å². The van der Waals surface area contributed by atoms with E-state index < -0.39 is 6.10 Å². The Morgan fingerprint density at radius 2 is 1.50 bits per heavy atom. The molecule has 0 amide bonds. The second kappa shape index (κ2) is 9.83. The van der Waals surface area contributed by atoms with Gasteiger partial charge in [0, 0.05) is 6.07 Å². The summed E-state index contributed by atoms with van der Waals surface area (Å²) in [6.07, 6.45) is -0.464. The van der Waals surface area contributed by atoms with Crippen LogP contribution in [0.15, 0.2) is 71.7 Å². The lowest BCUT2D eigenvalue weighted by atomic mass is 10.1. The fourth-order valence-electron chi connectivity index (χ4n) is 2.86. The van der Waals surface area contributed by atoms with Crippen molar-refractivity contribution in [2.45, 2.75) is 26.9 Å². The molecule has 0 aliphatic heterocycles. The minimum atomic E-state index is -0.464. The Labute approximate surface area is 177 Å². The molecule has 0 aliphatic carbocycles. The molecule has 3 aromatic carbocycles. The predicted molar refractivity (Wildman–Crippen MR) is 120 cm³/mol. The molecule has 0 bridgehead atoms. The summed E-state index contributed by atoms with van der Waals surface area (Å²) in [7, 11) is 3.24. The standard InChI is InChI=1S/C25H27NO4/c1-17-13-14-20(15-18(17)2)26-25(30-22-10-8-9-21(16-22)27-4)19(3)29-24-12-7-6-11-23(24)28-5/h6-16,19H,1-5H3. The van der Waals surface area contributed by atoms with Gasteiger partial charge in [-0.1, -0.05) is 24.3 Å². The van der Waals surface area contributed by atoms with Gasteiger partial charge in [0.2, 0.25) is 5.90 Å². The maximum Gasteiger partial charge on any atom is 0.236 e. The summed E-state index contributed by atoms with van der Waals surface area (Å²) >= 11 is 0. The number of aryl methyl sites for hydroxylation is 2. The molecule has 5 heteroatoms. The highest BCUT2D eigenvalue weighted by atomic mass is 16.6. The zero-order valence-electron chi connectivity index (χ0n) is 18.0. The van der Waals surface area contributed by atoms with Crippen LogP contribution in [0.1, 0.15) is 18.1 Å². The van der Waals surface area contributed by atoms with Crippen LogP contribution in [0.25, 0.3) is 0 Å². The topological polar surface area (TPSA) is 49.3 Å². The number of rotatable bonds is 7. The van der Waals surface area contributed by atoms with E-state index in [1.54, 1.807) is 14.2 Å². The van der Waals surface area contributed by atoms with E-state index in [1.165, 1.54) is 5.56 Å². The first-order chi connectivity index (χ1) is 14.5. The highest BCUT2D eigenvalue weighted by Gasteiger charge is 2.18. The summed E-state index contributed by atoms with van der Waals surface area (Å²) in [5, 5.41) is 0. The molecule has 0 spiro atoms. The van der Waals surface area contributed by atoms with Gasteiger partial charge in [-0.2, -0.15) is 0 Å². The largest absolute Gasteiger partial charge is 0.497 e. The van der Waals surface area contributed by atoms with Crippen LogP contribution in [-0.4, -0.2) is 26.2 Å². The normalized spacial score (nSPS) is 12.2. The van der Waals surface area contributed by atoms with E-state index in [2.05, 4.69) is 13.8 Å². The van der Waals surface area contributed by atoms with E-state index >= 15 is 0 Å². The van der Waals surface area contributed by atoms with Crippen molar-refractivity contribution in [2.24, 2.45) is 4.99 Å². The zero-order valence-corrected chi connectivity index (χ0v) is 18.0. The van der Waals surface area contributed by atoms with Gasteiger partial charge in [0.25, 0.3) is 0 Å². The predicted octanol–water partition coefficient (Wildman–Crippen LogP) is 5.90. The van der Waals surface area contributed by atoms with E-state index in [1.807, 2.05) is 73.7 Å². The molecule has 3 rings (SSSR count). The second-order valence-corrected chi connectivity index (χ2v) is 6.91. The number of nitrogens with zero attached hydrogens (tertiary/aromatic N) is 1. The van der Waals surface area contributed by atoms with Crippen LogP contribution < -0.4 is 18.9 Å². The van der Waals surface area contributed by atoms with Crippen molar-refractivity contribution in [3.63, 3.8) is 0 Å². The second-order valence-electron chi connectivity index (χ2n) is 6.91. The van der Waals surface area contributed by atoms with Crippen molar-refractivity contribution in [3.8, 4) is 23.0 Å². The summed E-state index contributed by atoms with van der Waals surface area (Å²) in [6.45, 7) is 6.03. The van der Waals surface area contributed by atoms with Crippen molar-refractivity contribution in [1.82, 2.24) is 0 Å². The molecule has 5 nitrogen and oxygen atoms in total. The highest BCUT2D eigenvalue weighted by Crippen LogP contribution is 2.28. The Morgan fingerprint density at radius 3 is 2.20 bits per heavy atom. The number of ether oxygens (including phenoxy) is 4. The van der Waals surface area contributed by atoms with E-state index in [0.717, 1.165) is 11.3 Å². The number of aliphatic imine (C=N–C) groups is 1. The molecule has 156 valence electrons. The minimum Gasteiger partial charge on any atom is -0.497 e. The van der Waals surface area contributed by atoms with Crippen molar-refractivity contribution in [2.75, 3.05) is 14.2 Å². The van der Waals surface area contributed by atoms with Crippen LogP contribution in [-0.2, 0) is 0 Å². The summed E-state index contributed by atoms with van der Waals surface area (Å²) in [6, 6.07) is 20.9. The van der Waals surface area contributed by atoms with Crippen molar-refractivity contribution in [1.29, 1.82) is 0 Å². The smallest absolute Gasteiger partial charge is 0.236 e. The lowest BCUT2D eigenvalue weighted by Gasteiger charge is -2.19. The first kappa shape index (κ1) is 21.2. The van der Waals surface area contributed by atoms with Crippen molar-refractivity contribution >= 4 is 11.6 Å². The number of hydrogen-bond acceptors (Lipinski definition) is 5. The molecule has 0 radical (unpaired) electrons. The van der Waals surface area contributed by atoms with Crippen LogP contribution in [0.4, 0.5) is 5.69 Å². The first-order valence-corrected chi connectivity index (χ1v) is 9.77. The van der Waals surface area contributed by atoms with Gasteiger partial charge >= 0.3 is 0 Å². The SMILES string of the molecule is COc1cccc(OC(=Nc2ccc(C)c(C)c2)C(C)Oc2ccccc2OC)c1. The molecule has 0 aliphatic rings. The molecule has 0 fully saturated rings. The number of benzene rings is 3. The maximum absolute atomic E-state index is 6.14. The highest BCUT2D eigenvalue weighted by molar-refractivity contribution is 5.85. The van der Waals surface area contributed by atoms with Gasteiger partial charge in [-0.15, -0.1) is 0 Å². The van der Waals surface area contributed by atoms with Gasteiger partial charge in [-0.3, -0.25) is 0 Å².